The summed E-state index contributed by atoms with van der Waals surface area (Å²) < 4.78 is 5.45. The van der Waals surface area contributed by atoms with E-state index in [0.29, 0.717) is 12.4 Å². The van der Waals surface area contributed by atoms with Gasteiger partial charge in [-0.25, -0.2) is 9.89 Å². The molecule has 0 bridgehead atoms. The first-order valence-electron chi connectivity index (χ1n) is 5.87. The lowest BCUT2D eigenvalue weighted by Crippen LogP contribution is -2.30. The van der Waals surface area contributed by atoms with Crippen LogP contribution in [0.5, 0.6) is 5.75 Å². The first-order chi connectivity index (χ1) is 9.24. The molecule has 0 spiro atoms. The second kappa shape index (κ2) is 4.60. The molecule has 0 aliphatic carbocycles. The van der Waals surface area contributed by atoms with Crippen LogP contribution in [-0.4, -0.2) is 27.7 Å². The Balaban J connectivity index is 1.67. The average Bonchev–Trinajstić information content (AvgIpc) is 3.02. The van der Waals surface area contributed by atoms with Gasteiger partial charge in [0.25, 0.3) is 0 Å². The number of para-hydroxylation sites is 1. The molecule has 1 amide bonds. The summed E-state index contributed by atoms with van der Waals surface area (Å²) >= 11 is 0. The highest BCUT2D eigenvalue weighted by Crippen LogP contribution is 2.33. The van der Waals surface area contributed by atoms with Gasteiger partial charge < -0.3 is 10.1 Å². The third-order valence-corrected chi connectivity index (χ3v) is 3.00. The molecule has 3 N–H and O–H groups in total. The van der Waals surface area contributed by atoms with E-state index in [0.717, 1.165) is 11.3 Å². The Morgan fingerprint density at radius 3 is 3.11 bits per heavy atom. The molecule has 0 saturated heterocycles. The molecule has 3 rings (SSSR count). The van der Waals surface area contributed by atoms with E-state index < -0.39 is 5.69 Å². The van der Waals surface area contributed by atoms with E-state index in [2.05, 4.69) is 20.5 Å². The van der Waals surface area contributed by atoms with Crippen molar-refractivity contribution in [1.82, 2.24) is 20.5 Å². The van der Waals surface area contributed by atoms with E-state index in [9.17, 15) is 9.59 Å². The topological polar surface area (TPSA) is 99.9 Å². The van der Waals surface area contributed by atoms with Crippen molar-refractivity contribution < 1.29 is 9.53 Å². The zero-order valence-corrected chi connectivity index (χ0v) is 9.97. The van der Waals surface area contributed by atoms with E-state index in [4.69, 9.17) is 4.74 Å². The molecule has 1 unspecified atom stereocenters. The quantitative estimate of drug-likeness (QED) is 0.717. The van der Waals surface area contributed by atoms with E-state index in [1.165, 1.54) is 0 Å². The monoisotopic (exact) mass is 260 g/mol. The number of carbonyl (C=O) groups is 1. The van der Waals surface area contributed by atoms with Crippen LogP contribution in [0.2, 0.25) is 0 Å². The molecule has 2 heterocycles. The summed E-state index contributed by atoms with van der Waals surface area (Å²) in [6.45, 7) is 0.512. The summed E-state index contributed by atoms with van der Waals surface area (Å²) in [5.74, 6) is 0.678. The van der Waals surface area contributed by atoms with Crippen molar-refractivity contribution in [2.24, 2.45) is 0 Å². The van der Waals surface area contributed by atoms with Gasteiger partial charge in [-0.05, 0) is 6.07 Å². The van der Waals surface area contributed by atoms with Crippen molar-refractivity contribution in [2.75, 3.05) is 6.61 Å². The zero-order valence-electron chi connectivity index (χ0n) is 9.97. The Hall–Kier alpha value is -2.57. The fourth-order valence-corrected chi connectivity index (χ4v) is 2.06. The lowest BCUT2D eigenvalue weighted by Gasteiger charge is -2.08. The fraction of sp³-hybridized carbons (Fsp3) is 0.250. The van der Waals surface area contributed by atoms with Gasteiger partial charge in [-0.3, -0.25) is 9.78 Å². The molecule has 1 aliphatic heterocycles. The van der Waals surface area contributed by atoms with Crippen molar-refractivity contribution in [1.29, 1.82) is 0 Å². The summed E-state index contributed by atoms with van der Waals surface area (Å²) in [5, 5.41) is 8.68. The van der Waals surface area contributed by atoms with Gasteiger partial charge in [-0.1, -0.05) is 18.2 Å². The standard InChI is InChI=1S/C12H12N4O3/c17-11(13-5-10-14-12(18)16-15-10)8-6-19-9-4-2-1-3-7(8)9/h1-4,8H,5-6H2,(H,13,17)(H2,14,15,16,18). The molecule has 1 atom stereocenters. The molecule has 1 aromatic heterocycles. The Bertz CT molecular complexity index is 661. The first-order valence-corrected chi connectivity index (χ1v) is 5.87. The highest BCUT2D eigenvalue weighted by Gasteiger charge is 2.29. The lowest BCUT2D eigenvalue weighted by atomic mass is 10.0. The third kappa shape index (κ3) is 2.22. The Kier molecular flexibility index (Phi) is 2.79. The molecule has 19 heavy (non-hydrogen) atoms. The van der Waals surface area contributed by atoms with Gasteiger partial charge in [0.05, 0.1) is 6.54 Å². The fourth-order valence-electron chi connectivity index (χ4n) is 2.06. The maximum Gasteiger partial charge on any atom is 0.340 e. The molecule has 0 radical (unpaired) electrons. The van der Waals surface area contributed by atoms with Crippen LogP contribution in [0.3, 0.4) is 0 Å². The van der Waals surface area contributed by atoms with Crippen LogP contribution in [0.25, 0.3) is 0 Å². The van der Waals surface area contributed by atoms with Crippen molar-refractivity contribution in [3.63, 3.8) is 0 Å². The van der Waals surface area contributed by atoms with Crippen LogP contribution >= 0.6 is 0 Å². The van der Waals surface area contributed by atoms with E-state index in [1.54, 1.807) is 0 Å². The van der Waals surface area contributed by atoms with Crippen LogP contribution in [0.15, 0.2) is 29.1 Å². The number of nitrogens with zero attached hydrogens (tertiary/aromatic N) is 1. The lowest BCUT2D eigenvalue weighted by molar-refractivity contribution is -0.122. The SMILES string of the molecule is O=C(NCc1n[nH]c(=O)[nH]1)C1COc2ccccc21. The second-order valence-corrected chi connectivity index (χ2v) is 4.24. The van der Waals surface area contributed by atoms with Crippen molar-refractivity contribution in [2.45, 2.75) is 12.5 Å². The molecule has 0 saturated carbocycles. The molecule has 7 nitrogen and oxygen atoms in total. The summed E-state index contributed by atoms with van der Waals surface area (Å²) in [6.07, 6.45) is 0. The summed E-state index contributed by atoms with van der Waals surface area (Å²) in [5.41, 5.74) is 0.495. The number of ether oxygens (including phenoxy) is 1. The normalized spacial score (nSPS) is 16.7. The molecule has 1 aliphatic rings. The number of aromatic amines is 2. The average molecular weight is 260 g/mol. The van der Waals surface area contributed by atoms with Gasteiger partial charge in [0.1, 0.15) is 24.1 Å². The predicted molar refractivity (Wildman–Crippen MR) is 65.7 cm³/mol. The number of hydrogen-bond donors (Lipinski definition) is 3. The van der Waals surface area contributed by atoms with E-state index in [-0.39, 0.29) is 18.4 Å². The Labute approximate surface area is 108 Å². The van der Waals surface area contributed by atoms with Crippen LogP contribution in [-0.2, 0) is 11.3 Å². The zero-order chi connectivity index (χ0) is 13.2. The van der Waals surface area contributed by atoms with E-state index >= 15 is 0 Å². The number of fused-ring (bicyclic) bond motifs is 1. The summed E-state index contributed by atoms with van der Waals surface area (Å²) in [6, 6.07) is 7.46. The number of benzene rings is 1. The highest BCUT2D eigenvalue weighted by molar-refractivity contribution is 5.85. The van der Waals surface area contributed by atoms with Crippen LogP contribution in [0, 0.1) is 0 Å². The number of amides is 1. The minimum Gasteiger partial charge on any atom is -0.492 e. The van der Waals surface area contributed by atoms with Crippen LogP contribution in [0.4, 0.5) is 0 Å². The summed E-state index contributed by atoms with van der Waals surface area (Å²) in [4.78, 5) is 25.4. The van der Waals surface area contributed by atoms with Gasteiger partial charge in [-0.2, -0.15) is 5.10 Å². The minimum absolute atomic E-state index is 0.145. The van der Waals surface area contributed by atoms with Crippen molar-refractivity contribution in [3.05, 3.63) is 46.1 Å². The molecule has 98 valence electrons. The van der Waals surface area contributed by atoms with Crippen LogP contribution in [0.1, 0.15) is 17.3 Å². The predicted octanol–water partition coefficient (Wildman–Crippen LogP) is -0.110. The number of aromatic nitrogens is 3. The van der Waals surface area contributed by atoms with E-state index in [1.807, 2.05) is 24.3 Å². The second-order valence-electron chi connectivity index (χ2n) is 4.24. The number of hydrogen-bond acceptors (Lipinski definition) is 4. The third-order valence-electron chi connectivity index (χ3n) is 3.00. The number of rotatable bonds is 3. The summed E-state index contributed by atoms with van der Waals surface area (Å²) in [7, 11) is 0. The van der Waals surface area contributed by atoms with Crippen molar-refractivity contribution in [3.8, 4) is 5.75 Å². The van der Waals surface area contributed by atoms with Gasteiger partial charge in [-0.15, -0.1) is 0 Å². The largest absolute Gasteiger partial charge is 0.492 e. The highest BCUT2D eigenvalue weighted by atomic mass is 16.5. The smallest absolute Gasteiger partial charge is 0.340 e. The number of H-pyrrole nitrogens is 2. The Morgan fingerprint density at radius 2 is 2.32 bits per heavy atom. The molecule has 7 heteroatoms. The minimum atomic E-state index is -0.390. The number of nitrogens with one attached hydrogen (secondary N) is 3. The van der Waals surface area contributed by atoms with Crippen LogP contribution < -0.4 is 15.7 Å². The maximum atomic E-state index is 12.1. The molecule has 2 aromatic rings. The Morgan fingerprint density at radius 1 is 1.47 bits per heavy atom. The molecular formula is C12H12N4O3. The van der Waals surface area contributed by atoms with Gasteiger partial charge >= 0.3 is 5.69 Å². The molecule has 1 aromatic carbocycles. The van der Waals surface area contributed by atoms with Crippen molar-refractivity contribution >= 4 is 5.91 Å². The van der Waals surface area contributed by atoms with Gasteiger partial charge in [0.2, 0.25) is 5.91 Å². The van der Waals surface area contributed by atoms with Gasteiger partial charge in [0.15, 0.2) is 0 Å². The van der Waals surface area contributed by atoms with Gasteiger partial charge in [0, 0.05) is 5.56 Å². The number of carbonyl (C=O) groups excluding carboxylic acids is 1. The molecule has 0 fully saturated rings. The maximum absolute atomic E-state index is 12.1. The first kappa shape index (κ1) is 11.5. The molecular weight excluding hydrogens is 248 g/mol.